The third-order valence-corrected chi connectivity index (χ3v) is 4.43. The van der Waals surface area contributed by atoms with Crippen molar-refractivity contribution in [3.05, 3.63) is 35.9 Å². The van der Waals surface area contributed by atoms with Gasteiger partial charge in [0.05, 0.1) is 26.0 Å². The molecule has 182 valence electrons. The van der Waals surface area contributed by atoms with E-state index in [0.29, 0.717) is 0 Å². The number of methoxy groups -OCH3 is 1. The van der Waals surface area contributed by atoms with E-state index in [0.717, 1.165) is 7.11 Å². The first-order chi connectivity index (χ1) is 15.4. The SMILES string of the molecule is CCOC(=O)C(C(=O)OCC)(c1ccccc1)C(C(=O)OC)/C(C)=N/NC(=O)OC(C)(C)C. The van der Waals surface area contributed by atoms with E-state index in [2.05, 4.69) is 10.5 Å². The highest BCUT2D eigenvalue weighted by Crippen LogP contribution is 2.38. The van der Waals surface area contributed by atoms with Gasteiger partial charge in [-0.1, -0.05) is 30.3 Å². The normalized spacial score (nSPS) is 12.9. The molecular formula is C23H32N2O8. The highest BCUT2D eigenvalue weighted by molar-refractivity contribution is 6.17. The van der Waals surface area contributed by atoms with Gasteiger partial charge in [0.25, 0.3) is 0 Å². The van der Waals surface area contributed by atoms with Crippen LogP contribution < -0.4 is 5.43 Å². The number of carbonyl (C=O) groups is 4. The Kier molecular flexibility index (Phi) is 10.0. The standard InChI is InChI=1S/C23H32N2O8/c1-8-31-19(27)23(20(28)32-9-2,16-13-11-10-12-14-16)17(18(26)30-7)15(3)24-25-21(29)33-22(4,5)6/h10-14,17H,8-9H2,1-7H3,(H,25,29)/b24-15+. The smallest absolute Gasteiger partial charge is 0.428 e. The summed E-state index contributed by atoms with van der Waals surface area (Å²) in [5.74, 6) is -4.60. The first kappa shape index (κ1) is 27.6. The molecule has 0 aliphatic rings. The predicted molar refractivity (Wildman–Crippen MR) is 119 cm³/mol. The first-order valence-corrected chi connectivity index (χ1v) is 10.5. The second-order valence-corrected chi connectivity index (χ2v) is 7.94. The quantitative estimate of drug-likeness (QED) is 0.194. The van der Waals surface area contributed by atoms with E-state index >= 15 is 0 Å². The molecule has 0 aliphatic carbocycles. The summed E-state index contributed by atoms with van der Waals surface area (Å²) >= 11 is 0. The molecule has 10 heteroatoms. The molecule has 0 radical (unpaired) electrons. The van der Waals surface area contributed by atoms with Crippen molar-refractivity contribution in [2.45, 2.75) is 52.6 Å². The van der Waals surface area contributed by atoms with E-state index < -0.39 is 40.9 Å². The van der Waals surface area contributed by atoms with Gasteiger partial charge in [0.1, 0.15) is 11.5 Å². The summed E-state index contributed by atoms with van der Waals surface area (Å²) in [5, 5.41) is 3.93. The van der Waals surface area contributed by atoms with E-state index in [1.807, 2.05) is 0 Å². The van der Waals surface area contributed by atoms with Crippen LogP contribution in [-0.2, 0) is 38.7 Å². The molecule has 0 saturated carbocycles. The van der Waals surface area contributed by atoms with Crippen LogP contribution in [0.1, 0.15) is 47.1 Å². The van der Waals surface area contributed by atoms with E-state index in [9.17, 15) is 19.2 Å². The summed E-state index contributed by atoms with van der Waals surface area (Å²) in [5.41, 5.74) is -0.845. The minimum Gasteiger partial charge on any atom is -0.468 e. The Labute approximate surface area is 193 Å². The molecule has 1 N–H and O–H groups in total. The summed E-state index contributed by atoms with van der Waals surface area (Å²) in [4.78, 5) is 51.8. The number of esters is 3. The van der Waals surface area contributed by atoms with Crippen LogP contribution >= 0.6 is 0 Å². The van der Waals surface area contributed by atoms with Crippen molar-refractivity contribution in [2.24, 2.45) is 11.0 Å². The van der Waals surface area contributed by atoms with Gasteiger partial charge in [0.15, 0.2) is 0 Å². The van der Waals surface area contributed by atoms with Gasteiger partial charge < -0.3 is 18.9 Å². The molecule has 0 aliphatic heterocycles. The van der Waals surface area contributed by atoms with Gasteiger partial charge >= 0.3 is 24.0 Å². The molecule has 1 unspecified atom stereocenters. The number of carbonyl (C=O) groups excluding carboxylic acids is 4. The summed E-state index contributed by atoms with van der Waals surface area (Å²) < 4.78 is 20.5. The van der Waals surface area contributed by atoms with Crippen LogP contribution in [0.25, 0.3) is 0 Å². The monoisotopic (exact) mass is 464 g/mol. The van der Waals surface area contributed by atoms with Gasteiger partial charge in [0.2, 0.25) is 5.41 Å². The van der Waals surface area contributed by atoms with Gasteiger partial charge in [-0.05, 0) is 47.1 Å². The van der Waals surface area contributed by atoms with Crippen molar-refractivity contribution in [2.75, 3.05) is 20.3 Å². The Morgan fingerprint density at radius 3 is 1.91 bits per heavy atom. The fourth-order valence-electron chi connectivity index (χ4n) is 3.19. The first-order valence-electron chi connectivity index (χ1n) is 10.5. The van der Waals surface area contributed by atoms with Crippen molar-refractivity contribution in [1.29, 1.82) is 0 Å². The second kappa shape index (κ2) is 12.0. The largest absolute Gasteiger partial charge is 0.468 e. The molecule has 0 aromatic heterocycles. The minimum atomic E-state index is -2.27. The van der Waals surface area contributed by atoms with Crippen LogP contribution in [0.4, 0.5) is 4.79 Å². The van der Waals surface area contributed by atoms with Crippen molar-refractivity contribution in [3.8, 4) is 0 Å². The number of amides is 1. The maximum absolute atomic E-state index is 13.4. The average Bonchev–Trinajstić information content (AvgIpc) is 2.75. The molecule has 1 amide bonds. The lowest BCUT2D eigenvalue weighted by atomic mass is 9.68. The lowest BCUT2D eigenvalue weighted by Crippen LogP contribution is -2.57. The highest BCUT2D eigenvalue weighted by Gasteiger charge is 2.61. The van der Waals surface area contributed by atoms with E-state index in [1.165, 1.54) is 19.1 Å². The number of nitrogens with one attached hydrogen (secondary N) is 1. The highest BCUT2D eigenvalue weighted by atomic mass is 16.6. The fraction of sp³-hybridized carbons (Fsp3) is 0.522. The number of nitrogens with zero attached hydrogens (tertiary/aromatic N) is 1. The second-order valence-electron chi connectivity index (χ2n) is 7.94. The number of hydrazone groups is 1. The Morgan fingerprint density at radius 2 is 1.48 bits per heavy atom. The zero-order chi connectivity index (χ0) is 25.2. The summed E-state index contributed by atoms with van der Waals surface area (Å²) in [7, 11) is 1.11. The summed E-state index contributed by atoms with van der Waals surface area (Å²) in [6.07, 6.45) is -0.886. The van der Waals surface area contributed by atoms with Gasteiger partial charge in [-0.15, -0.1) is 0 Å². The molecule has 33 heavy (non-hydrogen) atoms. The lowest BCUT2D eigenvalue weighted by molar-refractivity contribution is -0.172. The van der Waals surface area contributed by atoms with Crippen LogP contribution in [0.5, 0.6) is 0 Å². The molecule has 0 bridgehead atoms. The third kappa shape index (κ3) is 6.77. The number of hydrogen-bond acceptors (Lipinski definition) is 9. The molecule has 0 fully saturated rings. The van der Waals surface area contributed by atoms with Crippen molar-refractivity contribution < 1.29 is 38.1 Å². The van der Waals surface area contributed by atoms with Crippen LogP contribution in [0.3, 0.4) is 0 Å². The van der Waals surface area contributed by atoms with Crippen LogP contribution in [-0.4, -0.2) is 55.6 Å². The fourth-order valence-corrected chi connectivity index (χ4v) is 3.19. The van der Waals surface area contributed by atoms with Crippen LogP contribution in [0.2, 0.25) is 0 Å². The zero-order valence-electron chi connectivity index (χ0n) is 20.1. The van der Waals surface area contributed by atoms with Gasteiger partial charge in [0, 0.05) is 0 Å². The third-order valence-electron chi connectivity index (χ3n) is 4.43. The summed E-state index contributed by atoms with van der Waals surface area (Å²) in [6.45, 7) is 9.39. The predicted octanol–water partition coefficient (Wildman–Crippen LogP) is 2.74. The van der Waals surface area contributed by atoms with Crippen molar-refractivity contribution in [1.82, 2.24) is 5.43 Å². The average molecular weight is 465 g/mol. The number of rotatable bonds is 9. The molecular weight excluding hydrogens is 432 g/mol. The molecule has 0 heterocycles. The Morgan fingerprint density at radius 1 is 0.970 bits per heavy atom. The molecule has 1 atom stereocenters. The van der Waals surface area contributed by atoms with E-state index in [-0.39, 0.29) is 24.5 Å². The molecule has 0 saturated heterocycles. The maximum atomic E-state index is 13.4. The van der Waals surface area contributed by atoms with Crippen LogP contribution in [0, 0.1) is 5.92 Å². The van der Waals surface area contributed by atoms with Crippen molar-refractivity contribution >= 4 is 29.7 Å². The Bertz CT molecular complexity index is 856. The topological polar surface area (TPSA) is 130 Å². The van der Waals surface area contributed by atoms with E-state index in [4.69, 9.17) is 18.9 Å². The van der Waals surface area contributed by atoms with Crippen LogP contribution in [0.15, 0.2) is 35.4 Å². The molecule has 0 spiro atoms. The number of hydrogen-bond donors (Lipinski definition) is 1. The molecule has 1 aromatic carbocycles. The zero-order valence-corrected chi connectivity index (χ0v) is 20.1. The maximum Gasteiger partial charge on any atom is 0.428 e. The Hall–Kier alpha value is -3.43. The molecule has 1 aromatic rings. The number of benzene rings is 1. The minimum absolute atomic E-state index is 0.0624. The molecule has 10 nitrogen and oxygen atoms in total. The number of ether oxygens (including phenoxy) is 4. The van der Waals surface area contributed by atoms with Crippen molar-refractivity contribution in [3.63, 3.8) is 0 Å². The summed E-state index contributed by atoms with van der Waals surface area (Å²) in [6, 6.07) is 7.88. The molecule has 1 rings (SSSR count). The van der Waals surface area contributed by atoms with Gasteiger partial charge in [-0.25, -0.2) is 10.2 Å². The van der Waals surface area contributed by atoms with E-state index in [1.54, 1.807) is 52.8 Å². The Balaban J connectivity index is 3.76. The lowest BCUT2D eigenvalue weighted by Gasteiger charge is -2.35. The van der Waals surface area contributed by atoms with Gasteiger partial charge in [-0.2, -0.15) is 5.10 Å². The van der Waals surface area contributed by atoms with Gasteiger partial charge in [-0.3, -0.25) is 14.4 Å².